The van der Waals surface area contributed by atoms with E-state index in [-0.39, 0.29) is 37.2 Å². The molecule has 138 valence electrons. The van der Waals surface area contributed by atoms with Gasteiger partial charge in [0.05, 0.1) is 5.88 Å². The van der Waals surface area contributed by atoms with Crippen molar-refractivity contribution in [3.63, 3.8) is 0 Å². The Labute approximate surface area is 155 Å². The molecular weight excluding hydrogens is 364 g/mol. The van der Waals surface area contributed by atoms with Gasteiger partial charge in [0, 0.05) is 50.4 Å². The molecule has 0 aromatic carbocycles. The van der Waals surface area contributed by atoms with Crippen LogP contribution in [0.4, 0.5) is 4.79 Å². The van der Waals surface area contributed by atoms with E-state index in [0.717, 1.165) is 29.5 Å². The summed E-state index contributed by atoms with van der Waals surface area (Å²) in [7, 11) is 1.42. The zero-order chi connectivity index (χ0) is 18.0. The molecule has 3 aliphatic rings. The van der Waals surface area contributed by atoms with Gasteiger partial charge in [-0.25, -0.2) is 4.79 Å². The first kappa shape index (κ1) is 18.4. The van der Waals surface area contributed by atoms with Crippen molar-refractivity contribution in [1.82, 2.24) is 19.6 Å². The van der Waals surface area contributed by atoms with Gasteiger partial charge in [0.2, 0.25) is 17.7 Å². The van der Waals surface area contributed by atoms with E-state index in [2.05, 4.69) is 0 Å². The highest BCUT2D eigenvalue weighted by atomic mass is 32.2. The van der Waals surface area contributed by atoms with Crippen LogP contribution < -0.4 is 0 Å². The molecule has 5 amide bonds. The van der Waals surface area contributed by atoms with Gasteiger partial charge in [-0.3, -0.25) is 19.3 Å². The van der Waals surface area contributed by atoms with Crippen molar-refractivity contribution in [2.75, 3.05) is 56.4 Å². The zero-order valence-corrected chi connectivity index (χ0v) is 15.8. The molecule has 10 heteroatoms. The number of hydrogen-bond donors (Lipinski definition) is 0. The van der Waals surface area contributed by atoms with E-state index in [9.17, 15) is 19.2 Å². The summed E-state index contributed by atoms with van der Waals surface area (Å²) in [4.78, 5) is 54.9. The number of nitrogens with zero attached hydrogens (tertiary/aromatic N) is 4. The van der Waals surface area contributed by atoms with Gasteiger partial charge in [-0.2, -0.15) is 11.8 Å². The molecule has 0 bridgehead atoms. The molecule has 0 spiro atoms. The van der Waals surface area contributed by atoms with Crippen LogP contribution in [0, 0.1) is 0 Å². The van der Waals surface area contributed by atoms with E-state index in [1.807, 2.05) is 16.7 Å². The van der Waals surface area contributed by atoms with Crippen LogP contribution in [-0.4, -0.2) is 106 Å². The third-order valence-electron chi connectivity index (χ3n) is 4.66. The maximum absolute atomic E-state index is 12.7. The van der Waals surface area contributed by atoms with Crippen LogP contribution in [0.1, 0.15) is 6.42 Å². The van der Waals surface area contributed by atoms with Crippen molar-refractivity contribution in [3.05, 3.63) is 0 Å². The normalized spacial score (nSPS) is 24.9. The lowest BCUT2D eigenvalue weighted by atomic mass is 10.2. The van der Waals surface area contributed by atoms with Crippen LogP contribution in [0.5, 0.6) is 0 Å². The largest absolute Gasteiger partial charge is 0.339 e. The first-order valence-corrected chi connectivity index (χ1v) is 10.6. The standard InChI is InChI=1S/C15H22N4O4S2/c1-16-12(20)2-3-18(15(16)23)8-13(21)19-10-25-9-11(19)14(22)17-4-6-24-7-5-17/h11H,2-10H2,1H3. The minimum Gasteiger partial charge on any atom is -0.339 e. The fourth-order valence-electron chi connectivity index (χ4n) is 3.10. The summed E-state index contributed by atoms with van der Waals surface area (Å²) >= 11 is 3.39. The molecule has 0 aromatic rings. The molecule has 3 saturated heterocycles. The van der Waals surface area contributed by atoms with Crippen molar-refractivity contribution < 1.29 is 19.2 Å². The average molecular weight is 386 g/mol. The van der Waals surface area contributed by atoms with Crippen LogP contribution in [-0.2, 0) is 14.4 Å². The van der Waals surface area contributed by atoms with Crippen LogP contribution in [0.25, 0.3) is 0 Å². The Morgan fingerprint density at radius 1 is 1.12 bits per heavy atom. The summed E-state index contributed by atoms with van der Waals surface area (Å²) in [5, 5.41) is 0. The number of urea groups is 1. The quantitative estimate of drug-likeness (QED) is 0.665. The third-order valence-corrected chi connectivity index (χ3v) is 6.62. The van der Waals surface area contributed by atoms with E-state index in [1.165, 1.54) is 11.9 Å². The highest BCUT2D eigenvalue weighted by Gasteiger charge is 2.39. The maximum atomic E-state index is 12.7. The number of imide groups is 1. The molecular formula is C15H22N4O4S2. The number of amides is 5. The smallest absolute Gasteiger partial charge is 0.326 e. The Morgan fingerprint density at radius 3 is 2.56 bits per heavy atom. The highest BCUT2D eigenvalue weighted by molar-refractivity contribution is 7.99. The summed E-state index contributed by atoms with van der Waals surface area (Å²) in [6.07, 6.45) is 0.220. The number of carbonyl (C=O) groups is 4. The van der Waals surface area contributed by atoms with Crippen molar-refractivity contribution in [2.45, 2.75) is 12.5 Å². The second kappa shape index (κ2) is 7.86. The van der Waals surface area contributed by atoms with E-state index >= 15 is 0 Å². The van der Waals surface area contributed by atoms with Gasteiger partial charge in [0.1, 0.15) is 12.6 Å². The number of hydrogen-bond acceptors (Lipinski definition) is 6. The minimum absolute atomic E-state index is 0.0101. The van der Waals surface area contributed by atoms with Crippen LogP contribution >= 0.6 is 23.5 Å². The lowest BCUT2D eigenvalue weighted by molar-refractivity contribution is -0.143. The van der Waals surface area contributed by atoms with Gasteiger partial charge in [0.15, 0.2) is 0 Å². The molecule has 1 atom stereocenters. The molecule has 0 saturated carbocycles. The Morgan fingerprint density at radius 2 is 1.84 bits per heavy atom. The fraction of sp³-hybridized carbons (Fsp3) is 0.733. The minimum atomic E-state index is -0.451. The fourth-order valence-corrected chi connectivity index (χ4v) is 5.18. The van der Waals surface area contributed by atoms with Gasteiger partial charge in [0.25, 0.3) is 0 Å². The summed E-state index contributed by atoms with van der Waals surface area (Å²) < 4.78 is 0. The second-order valence-electron chi connectivity index (χ2n) is 6.22. The predicted molar refractivity (Wildman–Crippen MR) is 96.2 cm³/mol. The summed E-state index contributed by atoms with van der Waals surface area (Å²) in [5.41, 5.74) is 0. The SMILES string of the molecule is CN1C(=O)CCN(CC(=O)N2CSCC2C(=O)N2CCSCC2)C1=O. The van der Waals surface area contributed by atoms with Gasteiger partial charge in [-0.1, -0.05) is 0 Å². The molecule has 0 radical (unpaired) electrons. The average Bonchev–Trinajstić information content (AvgIpc) is 3.12. The molecule has 8 nitrogen and oxygen atoms in total. The van der Waals surface area contributed by atoms with Crippen molar-refractivity contribution in [3.8, 4) is 0 Å². The number of thioether (sulfide) groups is 2. The Bertz CT molecular complexity index is 582. The second-order valence-corrected chi connectivity index (χ2v) is 8.45. The summed E-state index contributed by atoms with van der Waals surface area (Å²) in [6.45, 7) is 1.61. The monoisotopic (exact) mass is 386 g/mol. The van der Waals surface area contributed by atoms with Crippen LogP contribution in [0.15, 0.2) is 0 Å². The first-order chi connectivity index (χ1) is 12.0. The lowest BCUT2D eigenvalue weighted by Crippen LogP contribution is -2.56. The van der Waals surface area contributed by atoms with Crippen molar-refractivity contribution in [2.24, 2.45) is 0 Å². The van der Waals surface area contributed by atoms with Crippen molar-refractivity contribution >= 4 is 47.3 Å². The first-order valence-electron chi connectivity index (χ1n) is 8.28. The van der Waals surface area contributed by atoms with Gasteiger partial charge < -0.3 is 14.7 Å². The number of rotatable bonds is 3. The molecule has 1 unspecified atom stereocenters. The summed E-state index contributed by atoms with van der Waals surface area (Å²) in [6, 6.07) is -0.896. The van der Waals surface area contributed by atoms with Gasteiger partial charge in [-0.05, 0) is 0 Å². The Balaban J connectivity index is 1.61. The topological polar surface area (TPSA) is 81.2 Å². The zero-order valence-electron chi connectivity index (χ0n) is 14.2. The molecule has 0 aliphatic carbocycles. The molecule has 3 fully saturated rings. The van der Waals surface area contributed by atoms with Crippen LogP contribution in [0.3, 0.4) is 0 Å². The lowest BCUT2D eigenvalue weighted by Gasteiger charge is -2.34. The maximum Gasteiger partial charge on any atom is 0.326 e. The molecule has 0 aromatic heterocycles. The predicted octanol–water partition coefficient (Wildman–Crippen LogP) is -0.253. The third kappa shape index (κ3) is 3.89. The highest BCUT2D eigenvalue weighted by Crippen LogP contribution is 2.24. The molecule has 0 N–H and O–H groups in total. The van der Waals surface area contributed by atoms with Gasteiger partial charge >= 0.3 is 6.03 Å². The molecule has 3 rings (SSSR count). The van der Waals surface area contributed by atoms with Crippen LogP contribution in [0.2, 0.25) is 0 Å². The van der Waals surface area contributed by atoms with Gasteiger partial charge in [-0.15, -0.1) is 11.8 Å². The Hall–Kier alpha value is -1.42. The van der Waals surface area contributed by atoms with E-state index < -0.39 is 12.1 Å². The Kier molecular flexibility index (Phi) is 5.78. The van der Waals surface area contributed by atoms with E-state index in [4.69, 9.17) is 0 Å². The van der Waals surface area contributed by atoms with E-state index in [0.29, 0.717) is 11.6 Å². The summed E-state index contributed by atoms with van der Waals surface area (Å²) in [5.74, 6) is 2.47. The molecule has 3 heterocycles. The van der Waals surface area contributed by atoms with E-state index in [1.54, 1.807) is 16.7 Å². The van der Waals surface area contributed by atoms with Crippen molar-refractivity contribution in [1.29, 1.82) is 0 Å². The molecule has 3 aliphatic heterocycles. The number of carbonyl (C=O) groups excluding carboxylic acids is 4. The molecule has 25 heavy (non-hydrogen) atoms.